The Hall–Kier alpha value is -1.55. The number of aromatic amines is 1. The fourth-order valence-corrected chi connectivity index (χ4v) is 2.02. The maximum atomic E-state index is 6.26. The van der Waals surface area contributed by atoms with Gasteiger partial charge in [0, 0.05) is 5.69 Å². The minimum Gasteiger partial charge on any atom is -0.463 e. The molecule has 4 nitrogen and oxygen atoms in total. The van der Waals surface area contributed by atoms with Gasteiger partial charge in [0.25, 0.3) is 0 Å². The molecule has 92 valence electrons. The fourth-order valence-electron chi connectivity index (χ4n) is 2.02. The second-order valence-electron chi connectivity index (χ2n) is 4.70. The van der Waals surface area contributed by atoms with Crippen LogP contribution in [0.3, 0.4) is 0 Å². The van der Waals surface area contributed by atoms with E-state index in [4.69, 9.17) is 10.2 Å². The Labute approximate surface area is 101 Å². The quantitative estimate of drug-likeness (QED) is 0.853. The first-order valence-electron chi connectivity index (χ1n) is 5.94. The third-order valence-corrected chi connectivity index (χ3v) is 2.95. The summed E-state index contributed by atoms with van der Waals surface area (Å²) >= 11 is 0. The molecule has 0 fully saturated rings. The van der Waals surface area contributed by atoms with Gasteiger partial charge in [-0.25, -0.2) is 4.98 Å². The van der Waals surface area contributed by atoms with Crippen LogP contribution < -0.4 is 5.73 Å². The molecule has 0 aliphatic carbocycles. The molecule has 1 atom stereocenters. The molecule has 3 N–H and O–H groups in total. The summed E-state index contributed by atoms with van der Waals surface area (Å²) in [5.74, 6) is 1.60. The molecule has 0 amide bonds. The van der Waals surface area contributed by atoms with Crippen molar-refractivity contribution in [3.63, 3.8) is 0 Å². The standard InChI is InChI=1S/C13H19N3O/c1-4-7-13(3,14)12-15-9(2)11(16-12)10-6-5-8-17-10/h5-6,8H,4,7,14H2,1-3H3,(H,15,16). The zero-order valence-electron chi connectivity index (χ0n) is 10.6. The van der Waals surface area contributed by atoms with Crippen LogP contribution in [-0.4, -0.2) is 9.97 Å². The van der Waals surface area contributed by atoms with Gasteiger partial charge >= 0.3 is 0 Å². The third-order valence-electron chi connectivity index (χ3n) is 2.95. The Morgan fingerprint density at radius 1 is 1.53 bits per heavy atom. The maximum absolute atomic E-state index is 6.26. The van der Waals surface area contributed by atoms with E-state index in [2.05, 4.69) is 16.9 Å². The van der Waals surface area contributed by atoms with Gasteiger partial charge in [0.05, 0.1) is 11.8 Å². The number of hydrogen-bond donors (Lipinski definition) is 2. The number of nitrogens with one attached hydrogen (secondary N) is 1. The summed E-state index contributed by atoms with van der Waals surface area (Å²) < 4.78 is 5.36. The molecule has 0 aliphatic rings. The predicted molar refractivity (Wildman–Crippen MR) is 67.5 cm³/mol. The predicted octanol–water partition coefficient (Wildman–Crippen LogP) is 2.95. The second kappa shape index (κ2) is 4.37. The molecule has 4 heteroatoms. The minimum atomic E-state index is -0.412. The number of imidazole rings is 1. The lowest BCUT2D eigenvalue weighted by atomic mass is 9.97. The van der Waals surface area contributed by atoms with Gasteiger partial charge in [0.15, 0.2) is 5.76 Å². The third kappa shape index (κ3) is 2.26. The van der Waals surface area contributed by atoms with Gasteiger partial charge in [-0.05, 0) is 32.4 Å². The zero-order valence-corrected chi connectivity index (χ0v) is 10.6. The van der Waals surface area contributed by atoms with E-state index in [1.807, 2.05) is 26.0 Å². The van der Waals surface area contributed by atoms with Crippen LogP contribution in [0.2, 0.25) is 0 Å². The Balaban J connectivity index is 2.37. The summed E-state index contributed by atoms with van der Waals surface area (Å²) in [6, 6.07) is 3.76. The first-order chi connectivity index (χ1) is 8.04. The van der Waals surface area contributed by atoms with Crippen molar-refractivity contribution >= 4 is 0 Å². The number of hydrogen-bond acceptors (Lipinski definition) is 3. The molecule has 0 bridgehead atoms. The molecule has 0 saturated carbocycles. The van der Waals surface area contributed by atoms with Crippen molar-refractivity contribution in [1.29, 1.82) is 0 Å². The average Bonchev–Trinajstić information content (AvgIpc) is 2.85. The summed E-state index contributed by atoms with van der Waals surface area (Å²) in [6.07, 6.45) is 3.58. The lowest BCUT2D eigenvalue weighted by Gasteiger charge is -2.20. The van der Waals surface area contributed by atoms with Crippen LogP contribution >= 0.6 is 0 Å². The van der Waals surface area contributed by atoms with Crippen LogP contribution in [0.15, 0.2) is 22.8 Å². The smallest absolute Gasteiger partial charge is 0.154 e. The number of rotatable bonds is 4. The average molecular weight is 233 g/mol. The first-order valence-corrected chi connectivity index (χ1v) is 5.94. The molecule has 0 aromatic carbocycles. The summed E-state index contributed by atoms with van der Waals surface area (Å²) in [7, 11) is 0. The van der Waals surface area contributed by atoms with E-state index < -0.39 is 5.54 Å². The number of nitrogens with zero attached hydrogens (tertiary/aromatic N) is 1. The summed E-state index contributed by atoms with van der Waals surface area (Å²) in [5.41, 5.74) is 7.68. The van der Waals surface area contributed by atoms with Gasteiger partial charge < -0.3 is 15.1 Å². The molecule has 1 unspecified atom stereocenters. The summed E-state index contributed by atoms with van der Waals surface area (Å²) in [4.78, 5) is 7.83. The molecule has 2 rings (SSSR count). The van der Waals surface area contributed by atoms with E-state index in [-0.39, 0.29) is 0 Å². The second-order valence-corrected chi connectivity index (χ2v) is 4.70. The van der Waals surface area contributed by atoms with Crippen LogP contribution in [0.1, 0.15) is 38.2 Å². The van der Waals surface area contributed by atoms with Crippen molar-refractivity contribution in [3.8, 4) is 11.5 Å². The van der Waals surface area contributed by atoms with E-state index >= 15 is 0 Å². The number of aromatic nitrogens is 2. The number of aryl methyl sites for hydroxylation is 1. The van der Waals surface area contributed by atoms with Gasteiger partial charge in [0.1, 0.15) is 11.5 Å². The van der Waals surface area contributed by atoms with Gasteiger partial charge in [-0.2, -0.15) is 0 Å². The Morgan fingerprint density at radius 3 is 2.88 bits per heavy atom. The van der Waals surface area contributed by atoms with Crippen LogP contribution in [0, 0.1) is 6.92 Å². The highest BCUT2D eigenvalue weighted by Crippen LogP contribution is 2.27. The maximum Gasteiger partial charge on any atom is 0.154 e. The minimum absolute atomic E-state index is 0.412. The van der Waals surface area contributed by atoms with Crippen molar-refractivity contribution < 1.29 is 4.42 Å². The van der Waals surface area contributed by atoms with E-state index in [0.29, 0.717) is 0 Å². The molecule has 17 heavy (non-hydrogen) atoms. The van der Waals surface area contributed by atoms with Crippen molar-refractivity contribution in [2.45, 2.75) is 39.2 Å². The largest absolute Gasteiger partial charge is 0.463 e. The Bertz CT molecular complexity index is 483. The van der Waals surface area contributed by atoms with E-state index in [9.17, 15) is 0 Å². The lowest BCUT2D eigenvalue weighted by Crippen LogP contribution is -2.34. The van der Waals surface area contributed by atoms with Gasteiger partial charge in [-0.1, -0.05) is 13.3 Å². The van der Waals surface area contributed by atoms with Crippen molar-refractivity contribution in [2.24, 2.45) is 5.73 Å². The number of nitrogens with two attached hydrogens (primary N) is 1. The van der Waals surface area contributed by atoms with E-state index in [1.165, 1.54) is 0 Å². The molecule has 0 radical (unpaired) electrons. The molecular formula is C13H19N3O. The first kappa shape index (κ1) is 11.9. The SMILES string of the molecule is CCCC(C)(N)c1nc(-c2ccco2)c(C)[nH]1. The lowest BCUT2D eigenvalue weighted by molar-refractivity contribution is 0.423. The summed E-state index contributed by atoms with van der Waals surface area (Å²) in [5, 5.41) is 0. The zero-order chi connectivity index (χ0) is 12.5. The molecule has 2 aromatic rings. The topological polar surface area (TPSA) is 67.8 Å². The Kier molecular flexibility index (Phi) is 3.07. The van der Waals surface area contributed by atoms with Crippen LogP contribution in [0.5, 0.6) is 0 Å². The number of H-pyrrole nitrogens is 1. The van der Waals surface area contributed by atoms with E-state index in [1.54, 1.807) is 6.26 Å². The molecular weight excluding hydrogens is 214 g/mol. The molecule has 0 aliphatic heterocycles. The molecule has 0 spiro atoms. The number of furan rings is 1. The summed E-state index contributed by atoms with van der Waals surface area (Å²) in [6.45, 7) is 6.10. The van der Waals surface area contributed by atoms with Crippen LogP contribution in [0.4, 0.5) is 0 Å². The van der Waals surface area contributed by atoms with Crippen molar-refractivity contribution in [1.82, 2.24) is 9.97 Å². The van der Waals surface area contributed by atoms with Crippen LogP contribution in [-0.2, 0) is 5.54 Å². The van der Waals surface area contributed by atoms with Crippen LogP contribution in [0.25, 0.3) is 11.5 Å². The normalized spacial score (nSPS) is 14.8. The molecule has 2 heterocycles. The fraction of sp³-hybridized carbons (Fsp3) is 0.462. The van der Waals surface area contributed by atoms with Crippen molar-refractivity contribution in [3.05, 3.63) is 29.9 Å². The van der Waals surface area contributed by atoms with E-state index in [0.717, 1.165) is 35.8 Å². The molecule has 0 saturated heterocycles. The highest BCUT2D eigenvalue weighted by molar-refractivity contribution is 5.55. The van der Waals surface area contributed by atoms with Crippen molar-refractivity contribution in [2.75, 3.05) is 0 Å². The van der Waals surface area contributed by atoms with Gasteiger partial charge in [-0.15, -0.1) is 0 Å². The van der Waals surface area contributed by atoms with Gasteiger partial charge in [0.2, 0.25) is 0 Å². The van der Waals surface area contributed by atoms with Gasteiger partial charge in [-0.3, -0.25) is 0 Å². The Morgan fingerprint density at radius 2 is 2.29 bits per heavy atom. The molecule has 2 aromatic heterocycles. The monoisotopic (exact) mass is 233 g/mol. The highest BCUT2D eigenvalue weighted by Gasteiger charge is 2.25. The highest BCUT2D eigenvalue weighted by atomic mass is 16.3.